The summed E-state index contributed by atoms with van der Waals surface area (Å²) in [4.78, 5) is 0.651. The van der Waals surface area contributed by atoms with Gasteiger partial charge >= 0.3 is 0 Å². The van der Waals surface area contributed by atoms with E-state index in [2.05, 4.69) is 20.8 Å². The molecule has 2 aromatic rings. The van der Waals surface area contributed by atoms with Crippen molar-refractivity contribution in [3.8, 4) is 5.75 Å². The average molecular weight is 313 g/mol. The maximum absolute atomic E-state index is 10.5. The molecule has 116 valence electrons. The summed E-state index contributed by atoms with van der Waals surface area (Å²) >= 11 is 5.61. The first-order valence-electron chi connectivity index (χ1n) is 7.42. The molecule has 0 heterocycles. The van der Waals surface area contributed by atoms with Gasteiger partial charge in [0.1, 0.15) is 5.75 Å². The molecule has 0 aromatic heterocycles. The van der Waals surface area contributed by atoms with Crippen LogP contribution in [-0.2, 0) is 12.0 Å². The van der Waals surface area contributed by atoms with Gasteiger partial charge in [-0.2, -0.15) is 0 Å². The van der Waals surface area contributed by atoms with E-state index in [0.29, 0.717) is 17.0 Å². The third-order valence-corrected chi connectivity index (χ3v) is 4.29. The van der Waals surface area contributed by atoms with E-state index in [9.17, 15) is 5.11 Å². The molecule has 3 heteroatoms. The van der Waals surface area contributed by atoms with Gasteiger partial charge in [0.05, 0.1) is 4.86 Å². The van der Waals surface area contributed by atoms with E-state index in [0.717, 1.165) is 16.7 Å². The number of hydrogen-bond acceptors (Lipinski definition) is 3. The fourth-order valence-corrected chi connectivity index (χ4v) is 2.61. The molecule has 0 fully saturated rings. The number of phenolic OH excluding ortho intramolecular Hbond substituents is 1. The Hall–Kier alpha value is -1.71. The number of nitrogens with two attached hydrogens (primary N) is 1. The smallest absolute Gasteiger partial charge is 0.128 e. The fourth-order valence-electron chi connectivity index (χ4n) is 2.32. The van der Waals surface area contributed by atoms with Crippen LogP contribution < -0.4 is 5.73 Å². The molecule has 2 nitrogen and oxygen atoms in total. The standard InChI is InChI=1S/C19H23NOS/c1-12-5-7-13(8-6-12)18(22)16-10-15(19(2,3)4)9-14(11-20)17(16)21/h5-10,21H,11,20H2,1-4H3. The molecule has 2 rings (SSSR count). The van der Waals surface area contributed by atoms with Crippen LogP contribution in [0.4, 0.5) is 0 Å². The highest BCUT2D eigenvalue weighted by molar-refractivity contribution is 7.81. The van der Waals surface area contributed by atoms with Crippen LogP contribution in [0, 0.1) is 6.92 Å². The predicted octanol–water partition coefficient (Wildman–Crippen LogP) is 4.22. The predicted molar refractivity (Wildman–Crippen MR) is 96.7 cm³/mol. The van der Waals surface area contributed by atoms with Crippen LogP contribution >= 0.6 is 12.2 Å². The minimum absolute atomic E-state index is 0.0325. The summed E-state index contributed by atoms with van der Waals surface area (Å²) in [5.41, 5.74) is 10.4. The lowest BCUT2D eigenvalue weighted by molar-refractivity contribution is 0.466. The van der Waals surface area contributed by atoms with Crippen molar-refractivity contribution in [3.05, 3.63) is 64.2 Å². The van der Waals surface area contributed by atoms with Crippen molar-refractivity contribution in [3.63, 3.8) is 0 Å². The Morgan fingerprint density at radius 2 is 1.73 bits per heavy atom. The highest BCUT2D eigenvalue weighted by Gasteiger charge is 2.20. The summed E-state index contributed by atoms with van der Waals surface area (Å²) < 4.78 is 0. The highest BCUT2D eigenvalue weighted by Crippen LogP contribution is 2.32. The van der Waals surface area contributed by atoms with Crippen molar-refractivity contribution >= 4 is 17.1 Å². The van der Waals surface area contributed by atoms with Crippen molar-refractivity contribution in [1.82, 2.24) is 0 Å². The Labute approximate surface area is 138 Å². The normalized spacial score (nSPS) is 11.5. The Morgan fingerprint density at radius 1 is 1.14 bits per heavy atom. The van der Waals surface area contributed by atoms with E-state index in [-0.39, 0.29) is 11.2 Å². The molecular weight excluding hydrogens is 290 g/mol. The molecular formula is C19H23NOS. The van der Waals surface area contributed by atoms with Gasteiger partial charge in [0, 0.05) is 17.7 Å². The molecule has 0 spiro atoms. The summed E-state index contributed by atoms with van der Waals surface area (Å²) in [7, 11) is 0. The Kier molecular flexibility index (Phi) is 4.69. The molecule has 0 radical (unpaired) electrons. The van der Waals surface area contributed by atoms with Crippen LogP contribution in [0.5, 0.6) is 5.75 Å². The van der Waals surface area contributed by atoms with Gasteiger partial charge in [-0.1, -0.05) is 68.9 Å². The van der Waals surface area contributed by atoms with Crippen molar-refractivity contribution in [1.29, 1.82) is 0 Å². The van der Waals surface area contributed by atoms with E-state index >= 15 is 0 Å². The van der Waals surface area contributed by atoms with Crippen molar-refractivity contribution in [2.45, 2.75) is 39.7 Å². The minimum Gasteiger partial charge on any atom is -0.507 e. The summed E-state index contributed by atoms with van der Waals surface area (Å²) in [5.74, 6) is 0.195. The van der Waals surface area contributed by atoms with Gasteiger partial charge in [-0.25, -0.2) is 0 Å². The zero-order chi connectivity index (χ0) is 16.5. The monoisotopic (exact) mass is 313 g/mol. The lowest BCUT2D eigenvalue weighted by atomic mass is 9.84. The van der Waals surface area contributed by atoms with Gasteiger partial charge in [-0.05, 0) is 29.5 Å². The number of benzene rings is 2. The number of aryl methyl sites for hydroxylation is 1. The maximum Gasteiger partial charge on any atom is 0.128 e. The number of hydrogen-bond donors (Lipinski definition) is 2. The number of phenols is 1. The number of aromatic hydroxyl groups is 1. The van der Waals surface area contributed by atoms with Crippen LogP contribution in [-0.4, -0.2) is 9.97 Å². The zero-order valence-corrected chi connectivity index (χ0v) is 14.4. The highest BCUT2D eigenvalue weighted by atomic mass is 32.1. The lowest BCUT2D eigenvalue weighted by Gasteiger charge is -2.22. The molecule has 0 aliphatic carbocycles. The number of thiocarbonyl (C=S) groups is 1. The first-order valence-corrected chi connectivity index (χ1v) is 7.82. The fraction of sp³-hybridized carbons (Fsp3) is 0.316. The minimum atomic E-state index is -0.0325. The molecule has 0 saturated carbocycles. The summed E-state index contributed by atoms with van der Waals surface area (Å²) in [6.45, 7) is 8.74. The van der Waals surface area contributed by atoms with E-state index in [1.54, 1.807) is 0 Å². The van der Waals surface area contributed by atoms with E-state index in [1.165, 1.54) is 5.56 Å². The van der Waals surface area contributed by atoms with Gasteiger partial charge in [-0.3, -0.25) is 0 Å². The molecule has 0 unspecified atom stereocenters. The second kappa shape index (κ2) is 6.19. The molecule has 0 aliphatic heterocycles. The van der Waals surface area contributed by atoms with Gasteiger partial charge in [-0.15, -0.1) is 0 Å². The molecule has 0 aliphatic rings. The Balaban J connectivity index is 2.58. The van der Waals surface area contributed by atoms with Gasteiger partial charge in [0.25, 0.3) is 0 Å². The lowest BCUT2D eigenvalue weighted by Crippen LogP contribution is -2.14. The molecule has 0 amide bonds. The van der Waals surface area contributed by atoms with Crippen LogP contribution in [0.15, 0.2) is 36.4 Å². The Bertz CT molecular complexity index is 697. The Morgan fingerprint density at radius 3 is 2.23 bits per heavy atom. The third-order valence-electron chi connectivity index (χ3n) is 3.83. The van der Waals surface area contributed by atoms with Crippen LogP contribution in [0.2, 0.25) is 0 Å². The second-order valence-corrected chi connectivity index (χ2v) is 7.09. The third kappa shape index (κ3) is 3.37. The molecule has 3 N–H and O–H groups in total. The van der Waals surface area contributed by atoms with Crippen molar-refractivity contribution in [2.75, 3.05) is 0 Å². The first-order chi connectivity index (χ1) is 10.2. The molecule has 22 heavy (non-hydrogen) atoms. The van der Waals surface area contributed by atoms with E-state index in [1.807, 2.05) is 43.3 Å². The molecule has 0 bridgehead atoms. The molecule has 0 saturated heterocycles. The van der Waals surface area contributed by atoms with Gasteiger partial charge in [0.15, 0.2) is 0 Å². The SMILES string of the molecule is Cc1ccc(C(=S)c2cc(C(C)(C)C)cc(CN)c2O)cc1. The zero-order valence-electron chi connectivity index (χ0n) is 13.6. The van der Waals surface area contributed by atoms with Crippen molar-refractivity contribution < 1.29 is 5.11 Å². The quantitative estimate of drug-likeness (QED) is 0.658. The summed E-state index contributed by atoms with van der Waals surface area (Å²) in [5, 5.41) is 10.5. The van der Waals surface area contributed by atoms with E-state index < -0.39 is 0 Å². The molecule has 2 aromatic carbocycles. The van der Waals surface area contributed by atoms with Crippen LogP contribution in [0.3, 0.4) is 0 Å². The van der Waals surface area contributed by atoms with Crippen LogP contribution in [0.25, 0.3) is 0 Å². The van der Waals surface area contributed by atoms with Crippen LogP contribution in [0.1, 0.15) is 48.6 Å². The first kappa shape index (κ1) is 16.7. The van der Waals surface area contributed by atoms with Crippen molar-refractivity contribution in [2.24, 2.45) is 5.73 Å². The second-order valence-electron chi connectivity index (χ2n) is 6.68. The number of rotatable bonds is 3. The van der Waals surface area contributed by atoms with E-state index in [4.69, 9.17) is 18.0 Å². The maximum atomic E-state index is 10.5. The average Bonchev–Trinajstić information content (AvgIpc) is 2.46. The topological polar surface area (TPSA) is 46.2 Å². The largest absolute Gasteiger partial charge is 0.507 e. The summed E-state index contributed by atoms with van der Waals surface area (Å²) in [6, 6.07) is 12.0. The molecule has 0 atom stereocenters. The summed E-state index contributed by atoms with van der Waals surface area (Å²) in [6.07, 6.45) is 0. The van der Waals surface area contributed by atoms with Gasteiger partial charge in [0.2, 0.25) is 0 Å². The van der Waals surface area contributed by atoms with Gasteiger partial charge < -0.3 is 10.8 Å².